The molecular formula is C29H24Cl3N3O5. The first-order valence-corrected chi connectivity index (χ1v) is 13.8. The van der Waals surface area contributed by atoms with Crippen LogP contribution in [0.5, 0.6) is 11.5 Å². The number of β-amino-alcohol motifs (C(OH)–C–C–N with tert-alkyl or cyclic N) is 1. The molecular weight excluding hydrogens is 577 g/mol. The molecule has 2 fully saturated rings. The van der Waals surface area contributed by atoms with E-state index >= 15 is 0 Å². The monoisotopic (exact) mass is 599 g/mol. The Balaban J connectivity index is 1.18. The molecule has 1 saturated carbocycles. The molecule has 0 atom stereocenters. The molecule has 1 saturated heterocycles. The highest BCUT2D eigenvalue weighted by Crippen LogP contribution is 2.46. The molecule has 4 aromatic rings. The fraction of sp³-hybridized carbons (Fsp3) is 0.276. The number of halogens is 3. The minimum absolute atomic E-state index is 0.189. The molecule has 0 unspecified atom stereocenters. The number of carbonyl (C=O) groups is 1. The first-order valence-electron chi connectivity index (χ1n) is 12.7. The van der Waals surface area contributed by atoms with Gasteiger partial charge in [0, 0.05) is 17.0 Å². The highest BCUT2D eigenvalue weighted by atomic mass is 35.5. The van der Waals surface area contributed by atoms with Crippen LogP contribution < -0.4 is 14.4 Å². The van der Waals surface area contributed by atoms with Crippen molar-refractivity contribution in [3.05, 3.63) is 86.2 Å². The predicted molar refractivity (Wildman–Crippen MR) is 151 cm³/mol. The maximum Gasteiger partial charge on any atom is 0.298 e. The third kappa shape index (κ3) is 5.01. The molecule has 8 nitrogen and oxygen atoms in total. The van der Waals surface area contributed by atoms with Crippen molar-refractivity contribution in [2.24, 2.45) is 0 Å². The highest BCUT2D eigenvalue weighted by Gasteiger charge is 2.44. The summed E-state index contributed by atoms with van der Waals surface area (Å²) in [5, 5.41) is 16.9. The van der Waals surface area contributed by atoms with Gasteiger partial charge in [-0.15, -0.1) is 0 Å². The number of aliphatic hydroxyl groups is 1. The second-order valence-electron chi connectivity index (χ2n) is 10.0. The average Bonchev–Trinajstić information content (AvgIpc) is 3.67. The summed E-state index contributed by atoms with van der Waals surface area (Å²) in [6.07, 6.45) is 2.06. The minimum Gasteiger partial charge on any atom is -0.489 e. The Kier molecular flexibility index (Phi) is 7.12. The summed E-state index contributed by atoms with van der Waals surface area (Å²) in [5.41, 5.74) is 2.02. The van der Waals surface area contributed by atoms with Crippen LogP contribution in [0.25, 0.3) is 11.3 Å². The lowest BCUT2D eigenvalue weighted by molar-refractivity contribution is -0.120. The Bertz CT molecular complexity index is 1580. The Labute approximate surface area is 245 Å². The van der Waals surface area contributed by atoms with E-state index in [0.29, 0.717) is 80.4 Å². The molecule has 0 bridgehead atoms. The molecule has 2 aromatic carbocycles. The van der Waals surface area contributed by atoms with Crippen LogP contribution in [-0.4, -0.2) is 34.8 Å². The lowest BCUT2D eigenvalue weighted by Gasteiger charge is -2.47. The number of ether oxygens (including phenoxy) is 2. The molecule has 0 radical (unpaired) electrons. The summed E-state index contributed by atoms with van der Waals surface area (Å²) in [7, 11) is 0. The SMILES string of the molecule is Cc1nc(N2CC(O)(c3ccc(OCc4c(-c5c(Cl)cccc5Cl)noc4C4CC4)cc3Cl)C2)ccc1OC=O. The van der Waals surface area contributed by atoms with E-state index in [1.807, 2.05) is 4.90 Å². The van der Waals surface area contributed by atoms with Crippen molar-refractivity contribution in [2.45, 2.75) is 37.9 Å². The Morgan fingerprint density at radius 2 is 1.85 bits per heavy atom. The second kappa shape index (κ2) is 10.6. The molecule has 6 rings (SSSR count). The zero-order valence-electron chi connectivity index (χ0n) is 21.4. The number of carbonyl (C=O) groups excluding carboxylic acids is 1. The molecule has 0 spiro atoms. The van der Waals surface area contributed by atoms with Gasteiger partial charge >= 0.3 is 0 Å². The Hall–Kier alpha value is -3.30. The number of benzene rings is 2. The van der Waals surface area contributed by atoms with E-state index in [4.69, 9.17) is 48.8 Å². The number of rotatable bonds is 9. The van der Waals surface area contributed by atoms with Gasteiger partial charge in [-0.25, -0.2) is 4.98 Å². The summed E-state index contributed by atoms with van der Waals surface area (Å²) in [4.78, 5) is 17.0. The van der Waals surface area contributed by atoms with E-state index < -0.39 is 5.60 Å². The van der Waals surface area contributed by atoms with Crippen LogP contribution in [0.3, 0.4) is 0 Å². The van der Waals surface area contributed by atoms with Crippen molar-refractivity contribution in [1.82, 2.24) is 10.1 Å². The highest BCUT2D eigenvalue weighted by molar-refractivity contribution is 6.39. The number of hydrogen-bond acceptors (Lipinski definition) is 8. The summed E-state index contributed by atoms with van der Waals surface area (Å²) in [5.74, 6) is 2.69. The number of hydrogen-bond donors (Lipinski definition) is 1. The lowest BCUT2D eigenvalue weighted by Crippen LogP contribution is -2.60. The van der Waals surface area contributed by atoms with Gasteiger partial charge in [-0.3, -0.25) is 4.79 Å². The summed E-state index contributed by atoms with van der Waals surface area (Å²) < 4.78 is 16.8. The molecule has 2 aliphatic rings. The smallest absolute Gasteiger partial charge is 0.298 e. The van der Waals surface area contributed by atoms with E-state index in [0.717, 1.165) is 24.2 Å². The average molecular weight is 601 g/mol. The van der Waals surface area contributed by atoms with Gasteiger partial charge in [0.15, 0.2) is 5.75 Å². The van der Waals surface area contributed by atoms with Crippen LogP contribution in [0.15, 0.2) is 53.1 Å². The van der Waals surface area contributed by atoms with Gasteiger partial charge in [-0.05, 0) is 56.2 Å². The number of aromatic nitrogens is 2. The van der Waals surface area contributed by atoms with Crippen LogP contribution in [0.4, 0.5) is 5.82 Å². The van der Waals surface area contributed by atoms with Crippen molar-refractivity contribution in [3.63, 3.8) is 0 Å². The number of nitrogens with zero attached hydrogens (tertiary/aromatic N) is 3. The number of pyridine rings is 1. The van der Waals surface area contributed by atoms with Crippen LogP contribution in [0.2, 0.25) is 15.1 Å². The Morgan fingerprint density at radius 1 is 1.10 bits per heavy atom. The minimum atomic E-state index is -1.15. The van der Waals surface area contributed by atoms with E-state index in [1.165, 1.54) is 0 Å². The molecule has 40 heavy (non-hydrogen) atoms. The van der Waals surface area contributed by atoms with Crippen molar-refractivity contribution in [3.8, 4) is 22.8 Å². The van der Waals surface area contributed by atoms with Gasteiger partial charge < -0.3 is 24.0 Å². The first kappa shape index (κ1) is 26.9. The lowest BCUT2D eigenvalue weighted by atomic mass is 9.86. The quantitative estimate of drug-likeness (QED) is 0.212. The van der Waals surface area contributed by atoms with Crippen LogP contribution >= 0.6 is 34.8 Å². The Morgan fingerprint density at radius 3 is 2.50 bits per heavy atom. The van der Waals surface area contributed by atoms with Gasteiger partial charge in [0.2, 0.25) is 0 Å². The first-order chi connectivity index (χ1) is 19.3. The maximum absolute atomic E-state index is 11.3. The van der Waals surface area contributed by atoms with E-state index in [9.17, 15) is 9.90 Å². The van der Waals surface area contributed by atoms with Crippen molar-refractivity contribution < 1.29 is 23.9 Å². The van der Waals surface area contributed by atoms with Gasteiger partial charge in [0.05, 0.1) is 39.4 Å². The molecule has 1 N–H and O–H groups in total. The maximum atomic E-state index is 11.3. The summed E-state index contributed by atoms with van der Waals surface area (Å²) in [6, 6.07) is 14.0. The van der Waals surface area contributed by atoms with E-state index in [1.54, 1.807) is 55.5 Å². The molecule has 1 aliphatic carbocycles. The zero-order valence-corrected chi connectivity index (χ0v) is 23.6. The van der Waals surface area contributed by atoms with Crippen LogP contribution in [0, 0.1) is 6.92 Å². The third-order valence-corrected chi connectivity index (χ3v) is 8.16. The molecule has 206 valence electrons. The standard InChI is InChI=1S/C29H24Cl3N3O5/c1-16-24(39-15-36)9-10-25(33-16)35-13-29(37,14-35)20-8-7-18(11-23(20)32)38-12-19-27(34-40-28(19)17-5-6-17)26-21(30)3-2-4-22(26)31/h2-4,7-11,15,17,37H,5-6,12-14H2,1H3. The van der Waals surface area contributed by atoms with Crippen molar-refractivity contribution in [2.75, 3.05) is 18.0 Å². The number of aryl methyl sites for hydroxylation is 1. The largest absolute Gasteiger partial charge is 0.489 e. The molecule has 11 heteroatoms. The second-order valence-corrected chi connectivity index (χ2v) is 11.3. The number of anilines is 1. The van der Waals surface area contributed by atoms with Crippen LogP contribution in [-0.2, 0) is 17.0 Å². The molecule has 2 aromatic heterocycles. The summed E-state index contributed by atoms with van der Waals surface area (Å²) >= 11 is 19.6. The van der Waals surface area contributed by atoms with Crippen LogP contribution in [0.1, 0.15) is 41.3 Å². The van der Waals surface area contributed by atoms with Gasteiger partial charge in [-0.2, -0.15) is 0 Å². The predicted octanol–water partition coefficient (Wildman–Crippen LogP) is 6.70. The molecule has 0 amide bonds. The third-order valence-electron chi connectivity index (χ3n) is 7.22. The molecule has 3 heterocycles. The van der Waals surface area contributed by atoms with E-state index in [2.05, 4.69) is 10.1 Å². The fourth-order valence-electron chi connectivity index (χ4n) is 4.97. The zero-order chi connectivity index (χ0) is 28.0. The van der Waals surface area contributed by atoms with Gasteiger partial charge in [0.1, 0.15) is 35.2 Å². The van der Waals surface area contributed by atoms with Gasteiger partial charge in [0.25, 0.3) is 6.47 Å². The topological polar surface area (TPSA) is 97.9 Å². The fourth-order valence-corrected chi connectivity index (χ4v) is 5.89. The van der Waals surface area contributed by atoms with Gasteiger partial charge in [-0.1, -0.05) is 52.1 Å². The van der Waals surface area contributed by atoms with E-state index in [-0.39, 0.29) is 6.61 Å². The molecule has 1 aliphatic heterocycles. The van der Waals surface area contributed by atoms with Crippen molar-refractivity contribution in [1.29, 1.82) is 0 Å². The van der Waals surface area contributed by atoms with Crippen molar-refractivity contribution >= 4 is 47.1 Å². The summed E-state index contributed by atoms with van der Waals surface area (Å²) in [6.45, 7) is 2.92. The normalized spacial score (nSPS) is 16.0.